The quantitative estimate of drug-likeness (QED) is 0.457. The summed E-state index contributed by atoms with van der Waals surface area (Å²) in [6, 6.07) is 7.20. The number of alkyl halides is 3. The maximum atomic E-state index is 13.4. The Morgan fingerprint density at radius 3 is 2.78 bits per heavy atom. The fourth-order valence-electron chi connectivity index (χ4n) is 4.30. The summed E-state index contributed by atoms with van der Waals surface area (Å²) in [5.74, 6) is 0.608. The molecule has 2 aliphatic rings. The number of benzene rings is 1. The van der Waals surface area contributed by atoms with E-state index in [1.807, 2.05) is 4.90 Å². The summed E-state index contributed by atoms with van der Waals surface area (Å²) in [5.41, 5.74) is 0.394. The van der Waals surface area contributed by atoms with E-state index < -0.39 is 30.5 Å². The molecule has 2 aliphatic heterocycles. The molecule has 1 saturated heterocycles. The molecular weight excluding hydrogens is 493 g/mol. The number of fused-ring (bicyclic) bond motifs is 4. The first kappa shape index (κ1) is 24.7. The number of aromatic nitrogens is 3. The van der Waals surface area contributed by atoms with Gasteiger partial charge in [0.15, 0.2) is 11.6 Å². The molecule has 37 heavy (non-hydrogen) atoms. The van der Waals surface area contributed by atoms with E-state index in [0.717, 1.165) is 12.1 Å². The zero-order chi connectivity index (χ0) is 26.2. The number of amides is 2. The molecule has 2 aromatic heterocycles. The topological polar surface area (TPSA) is 124 Å². The van der Waals surface area contributed by atoms with Crippen LogP contribution in [0, 0.1) is 0 Å². The second kappa shape index (κ2) is 9.82. The van der Waals surface area contributed by atoms with Crippen LogP contribution in [0.25, 0.3) is 11.4 Å². The first-order valence-corrected chi connectivity index (χ1v) is 11.5. The Hall–Kier alpha value is -3.97. The van der Waals surface area contributed by atoms with Gasteiger partial charge in [-0.3, -0.25) is 4.90 Å². The number of aliphatic hydroxyl groups is 2. The highest BCUT2D eigenvalue weighted by Crippen LogP contribution is 2.40. The van der Waals surface area contributed by atoms with E-state index >= 15 is 0 Å². The Bertz CT molecular complexity index is 1290. The third-order valence-electron chi connectivity index (χ3n) is 6.14. The number of halogens is 3. The number of nitrogens with one attached hydrogen (secondary N) is 1. The number of ether oxygens (including phenoxy) is 1. The standard InChI is InChI=1S/C24H23F3N6O4/c25-24(26,27)15-3-1-2-14(8-15)21-29-10-19-22(31-21)33(17-6-7-32(19)11-17)23(36)30-16-4-5-20(28-9-16)37-13-18(35)12-34/h1-5,8-10,17-18,34-35H,6-7,11-13H2,(H,30,36)/t17-,18?/m0/s1. The van der Waals surface area contributed by atoms with Crippen LogP contribution in [0.3, 0.4) is 0 Å². The molecule has 4 heterocycles. The van der Waals surface area contributed by atoms with Crippen molar-refractivity contribution in [2.24, 2.45) is 0 Å². The summed E-state index contributed by atoms with van der Waals surface area (Å²) in [4.78, 5) is 29.8. The van der Waals surface area contributed by atoms with Gasteiger partial charge in [-0.15, -0.1) is 0 Å². The number of rotatable bonds is 6. The Kier molecular flexibility index (Phi) is 6.56. The molecule has 5 rings (SSSR count). The smallest absolute Gasteiger partial charge is 0.416 e. The third-order valence-corrected chi connectivity index (χ3v) is 6.14. The zero-order valence-electron chi connectivity index (χ0n) is 19.4. The average molecular weight is 516 g/mol. The predicted molar refractivity (Wildman–Crippen MR) is 127 cm³/mol. The van der Waals surface area contributed by atoms with Crippen molar-refractivity contribution in [2.45, 2.75) is 24.7 Å². The molecule has 1 aromatic carbocycles. The van der Waals surface area contributed by atoms with Crippen LogP contribution in [0.2, 0.25) is 0 Å². The van der Waals surface area contributed by atoms with Gasteiger partial charge < -0.3 is 25.2 Å². The normalized spacial score (nSPS) is 17.4. The monoisotopic (exact) mass is 516 g/mol. The molecule has 3 aromatic rings. The average Bonchev–Trinajstić information content (AvgIpc) is 3.31. The Balaban J connectivity index is 1.39. The van der Waals surface area contributed by atoms with Crippen LogP contribution in [-0.4, -0.2) is 69.6 Å². The molecule has 2 amide bonds. The van der Waals surface area contributed by atoms with Crippen LogP contribution < -0.4 is 19.9 Å². The van der Waals surface area contributed by atoms with Gasteiger partial charge in [-0.2, -0.15) is 13.2 Å². The van der Waals surface area contributed by atoms with Crippen LogP contribution in [0.1, 0.15) is 12.0 Å². The lowest BCUT2D eigenvalue weighted by Gasteiger charge is -2.35. The first-order valence-electron chi connectivity index (χ1n) is 11.5. The second-order valence-electron chi connectivity index (χ2n) is 8.70. The predicted octanol–water partition coefficient (Wildman–Crippen LogP) is 2.92. The van der Waals surface area contributed by atoms with Gasteiger partial charge in [-0.05, 0) is 24.6 Å². The molecule has 1 fully saturated rings. The summed E-state index contributed by atoms with van der Waals surface area (Å²) >= 11 is 0. The Morgan fingerprint density at radius 2 is 2.05 bits per heavy atom. The minimum atomic E-state index is -4.51. The first-order chi connectivity index (χ1) is 17.7. The van der Waals surface area contributed by atoms with E-state index in [0.29, 0.717) is 36.7 Å². The molecule has 10 nitrogen and oxygen atoms in total. The fraction of sp³-hybridized carbons (Fsp3) is 0.333. The van der Waals surface area contributed by atoms with Crippen molar-refractivity contribution < 1.29 is 32.9 Å². The summed E-state index contributed by atoms with van der Waals surface area (Å²) in [6.07, 6.45) is -1.92. The molecule has 1 unspecified atom stereocenters. The second-order valence-corrected chi connectivity index (χ2v) is 8.70. The SMILES string of the molecule is O=C(Nc1ccc(OCC(O)CO)nc1)N1c2nc(-c3cccc(C(F)(F)F)c3)ncc2N2CC[C@H]1C2. The number of aliphatic hydroxyl groups excluding tert-OH is 2. The zero-order valence-corrected chi connectivity index (χ0v) is 19.4. The Morgan fingerprint density at radius 1 is 1.22 bits per heavy atom. The lowest BCUT2D eigenvalue weighted by Crippen LogP contribution is -2.48. The van der Waals surface area contributed by atoms with Crippen LogP contribution in [-0.2, 0) is 6.18 Å². The minimum absolute atomic E-state index is 0.0818. The van der Waals surface area contributed by atoms with Crippen LogP contribution in [0.4, 0.5) is 35.2 Å². The van der Waals surface area contributed by atoms with Crippen LogP contribution >= 0.6 is 0 Å². The summed E-state index contributed by atoms with van der Waals surface area (Å²) < 4.78 is 44.9. The van der Waals surface area contributed by atoms with Crippen molar-refractivity contribution >= 4 is 23.2 Å². The Labute approximate surface area is 209 Å². The maximum Gasteiger partial charge on any atom is 0.416 e. The molecule has 194 valence electrons. The number of hydrogen-bond donors (Lipinski definition) is 3. The number of urea groups is 1. The van der Waals surface area contributed by atoms with Gasteiger partial charge in [0.25, 0.3) is 0 Å². The van der Waals surface area contributed by atoms with E-state index in [4.69, 9.17) is 9.84 Å². The molecule has 0 saturated carbocycles. The van der Waals surface area contributed by atoms with Crippen molar-refractivity contribution in [3.05, 3.63) is 54.4 Å². The third kappa shape index (κ3) is 5.13. The van der Waals surface area contributed by atoms with Crippen molar-refractivity contribution in [1.82, 2.24) is 15.0 Å². The number of nitrogens with zero attached hydrogens (tertiary/aromatic N) is 5. The number of carbonyl (C=O) groups excluding carboxylic acids is 1. The van der Waals surface area contributed by atoms with E-state index in [9.17, 15) is 23.1 Å². The van der Waals surface area contributed by atoms with E-state index in [1.165, 1.54) is 35.5 Å². The van der Waals surface area contributed by atoms with Gasteiger partial charge in [0.05, 0.1) is 42.0 Å². The molecular formula is C24H23F3N6O4. The molecule has 0 radical (unpaired) electrons. The molecule has 3 N–H and O–H groups in total. The highest BCUT2D eigenvalue weighted by Gasteiger charge is 2.41. The van der Waals surface area contributed by atoms with E-state index in [2.05, 4.69) is 20.3 Å². The van der Waals surface area contributed by atoms with Crippen LogP contribution in [0.5, 0.6) is 5.88 Å². The molecule has 13 heteroatoms. The van der Waals surface area contributed by atoms with Gasteiger partial charge in [-0.1, -0.05) is 12.1 Å². The highest BCUT2D eigenvalue weighted by molar-refractivity contribution is 6.04. The van der Waals surface area contributed by atoms with Crippen molar-refractivity contribution in [3.8, 4) is 17.3 Å². The lowest BCUT2D eigenvalue weighted by atomic mass is 10.1. The molecule has 0 aliphatic carbocycles. The van der Waals surface area contributed by atoms with Crippen LogP contribution in [0.15, 0.2) is 48.8 Å². The summed E-state index contributed by atoms with van der Waals surface area (Å²) in [7, 11) is 0. The van der Waals surface area contributed by atoms with E-state index in [1.54, 1.807) is 6.07 Å². The fourth-order valence-corrected chi connectivity index (χ4v) is 4.30. The van der Waals surface area contributed by atoms with Crippen molar-refractivity contribution in [1.29, 1.82) is 0 Å². The number of hydrogen-bond acceptors (Lipinski definition) is 8. The van der Waals surface area contributed by atoms with Crippen molar-refractivity contribution in [3.63, 3.8) is 0 Å². The van der Waals surface area contributed by atoms with Crippen molar-refractivity contribution in [2.75, 3.05) is 41.4 Å². The molecule has 0 spiro atoms. The minimum Gasteiger partial charge on any atom is -0.475 e. The largest absolute Gasteiger partial charge is 0.475 e. The number of pyridine rings is 1. The van der Waals surface area contributed by atoms with E-state index in [-0.39, 0.29) is 29.9 Å². The lowest BCUT2D eigenvalue weighted by molar-refractivity contribution is -0.137. The summed E-state index contributed by atoms with van der Waals surface area (Å²) in [5, 5.41) is 21.0. The number of carbonyl (C=O) groups is 1. The summed E-state index contributed by atoms with van der Waals surface area (Å²) in [6.45, 7) is 0.709. The molecule has 2 atom stereocenters. The number of anilines is 3. The van der Waals surface area contributed by atoms with Gasteiger partial charge in [-0.25, -0.2) is 19.7 Å². The van der Waals surface area contributed by atoms with Gasteiger partial charge >= 0.3 is 12.2 Å². The van der Waals surface area contributed by atoms with Gasteiger partial charge in [0.2, 0.25) is 5.88 Å². The molecule has 2 bridgehead atoms. The van der Waals surface area contributed by atoms with Gasteiger partial charge in [0, 0.05) is 24.7 Å². The highest BCUT2D eigenvalue weighted by atomic mass is 19.4. The maximum absolute atomic E-state index is 13.4. The van der Waals surface area contributed by atoms with Gasteiger partial charge in [0.1, 0.15) is 12.7 Å².